The monoisotopic (exact) mass is 381 g/mol. The minimum atomic E-state index is -0.364. The third-order valence-electron chi connectivity index (χ3n) is 3.90. The maximum atomic E-state index is 12.5. The molecular weight excluding hydrogens is 370 g/mol. The third-order valence-corrected chi connectivity index (χ3v) is 5.20. The number of hydrogen-bond acceptors (Lipinski definition) is 4. The topological polar surface area (TPSA) is 63.5 Å². The van der Waals surface area contributed by atoms with Crippen molar-refractivity contribution in [1.82, 2.24) is 9.61 Å². The molecule has 0 spiro atoms. The fraction of sp³-hybridized carbons (Fsp3) is 0. The number of amides is 1. The molecule has 0 radical (unpaired) electrons. The maximum absolute atomic E-state index is 12.5. The van der Waals surface area contributed by atoms with E-state index in [9.17, 15) is 9.59 Å². The van der Waals surface area contributed by atoms with Crippen LogP contribution in [0.5, 0.6) is 0 Å². The van der Waals surface area contributed by atoms with Crippen LogP contribution in [0.25, 0.3) is 16.0 Å². The van der Waals surface area contributed by atoms with E-state index in [0.717, 1.165) is 22.2 Å². The zero-order valence-corrected chi connectivity index (χ0v) is 14.9. The van der Waals surface area contributed by atoms with Crippen molar-refractivity contribution in [3.05, 3.63) is 76.4 Å². The molecule has 3 aromatic heterocycles. The average molecular weight is 382 g/mol. The number of aromatic nitrogens is 2. The molecule has 0 unspecified atom stereocenters. The van der Waals surface area contributed by atoms with Crippen LogP contribution in [0.4, 0.5) is 5.69 Å². The summed E-state index contributed by atoms with van der Waals surface area (Å²) in [6.45, 7) is 0. The van der Waals surface area contributed by atoms with Gasteiger partial charge < -0.3 is 5.32 Å². The van der Waals surface area contributed by atoms with E-state index in [2.05, 4.69) is 10.4 Å². The summed E-state index contributed by atoms with van der Waals surface area (Å²) in [5, 5.41) is 9.40. The average Bonchev–Trinajstić information content (AvgIpc) is 3.26. The van der Waals surface area contributed by atoms with Crippen LogP contribution >= 0.6 is 22.9 Å². The van der Waals surface area contributed by atoms with E-state index in [1.807, 2.05) is 30.3 Å². The molecule has 3 heterocycles. The first-order valence-corrected chi connectivity index (χ1v) is 9.00. The molecule has 1 amide bonds. The van der Waals surface area contributed by atoms with Crippen molar-refractivity contribution in [3.63, 3.8) is 0 Å². The number of carbonyl (C=O) groups excluding carboxylic acids is 2. The number of thiophene rings is 1. The summed E-state index contributed by atoms with van der Waals surface area (Å²) in [5.41, 5.74) is 2.88. The van der Waals surface area contributed by atoms with E-state index in [0.29, 0.717) is 16.3 Å². The third kappa shape index (κ3) is 3.00. The lowest BCUT2D eigenvalue weighted by Gasteiger charge is -2.03. The van der Waals surface area contributed by atoms with E-state index in [1.54, 1.807) is 34.3 Å². The Bertz CT molecular complexity index is 1080. The second-order valence-electron chi connectivity index (χ2n) is 5.57. The minimum absolute atomic E-state index is 0.285. The second kappa shape index (κ2) is 6.74. The van der Waals surface area contributed by atoms with Gasteiger partial charge in [0.25, 0.3) is 5.91 Å². The second-order valence-corrected chi connectivity index (χ2v) is 6.89. The molecule has 0 aliphatic heterocycles. The van der Waals surface area contributed by atoms with Crippen molar-refractivity contribution in [2.75, 3.05) is 5.32 Å². The molecule has 0 bridgehead atoms. The Kier molecular flexibility index (Phi) is 4.28. The smallest absolute Gasteiger partial charge is 0.276 e. The first-order valence-electron chi connectivity index (χ1n) is 7.74. The molecule has 1 N–H and O–H groups in total. The highest BCUT2D eigenvalue weighted by Gasteiger charge is 2.17. The molecule has 0 aliphatic rings. The van der Waals surface area contributed by atoms with Gasteiger partial charge in [0, 0.05) is 21.5 Å². The first-order chi connectivity index (χ1) is 12.7. The lowest BCUT2D eigenvalue weighted by atomic mass is 10.1. The highest BCUT2D eigenvalue weighted by Crippen LogP contribution is 2.35. The fourth-order valence-electron chi connectivity index (χ4n) is 2.64. The Hall–Kier alpha value is -2.96. The van der Waals surface area contributed by atoms with Gasteiger partial charge in [0.1, 0.15) is 0 Å². The van der Waals surface area contributed by atoms with E-state index in [4.69, 9.17) is 11.6 Å². The number of pyridine rings is 1. The molecule has 128 valence electrons. The van der Waals surface area contributed by atoms with Gasteiger partial charge in [-0.2, -0.15) is 5.10 Å². The van der Waals surface area contributed by atoms with Gasteiger partial charge in [-0.25, -0.2) is 4.52 Å². The molecule has 4 aromatic rings. The largest absolute Gasteiger partial charge is 0.319 e. The number of nitrogens with zero attached hydrogens (tertiary/aromatic N) is 2. The molecule has 0 atom stereocenters. The van der Waals surface area contributed by atoms with Crippen molar-refractivity contribution < 1.29 is 9.59 Å². The quantitative estimate of drug-likeness (QED) is 0.517. The Balaban J connectivity index is 1.64. The first kappa shape index (κ1) is 16.5. The summed E-state index contributed by atoms with van der Waals surface area (Å²) in [6.07, 6.45) is 2.52. The van der Waals surface area contributed by atoms with Crippen molar-refractivity contribution >= 4 is 46.3 Å². The van der Waals surface area contributed by atoms with Gasteiger partial charge in [-0.05, 0) is 35.9 Å². The number of hydrogen-bond donors (Lipinski definition) is 1. The molecular formula is C19H12ClN3O2S. The highest BCUT2D eigenvalue weighted by atomic mass is 35.5. The minimum Gasteiger partial charge on any atom is -0.319 e. The van der Waals surface area contributed by atoms with Crippen molar-refractivity contribution in [2.45, 2.75) is 0 Å². The molecule has 0 saturated heterocycles. The highest BCUT2D eigenvalue weighted by molar-refractivity contribution is 7.14. The molecule has 0 saturated carbocycles. The predicted octanol–water partition coefficient (Wildman–Crippen LogP) is 4.78. The van der Waals surface area contributed by atoms with Gasteiger partial charge >= 0.3 is 0 Å². The molecule has 1 aromatic carbocycles. The van der Waals surface area contributed by atoms with Crippen LogP contribution in [-0.4, -0.2) is 21.8 Å². The van der Waals surface area contributed by atoms with Gasteiger partial charge in [-0.3, -0.25) is 9.59 Å². The number of benzene rings is 1. The van der Waals surface area contributed by atoms with Gasteiger partial charge in [0.2, 0.25) is 0 Å². The molecule has 4 rings (SSSR count). The lowest BCUT2D eigenvalue weighted by Crippen LogP contribution is -2.13. The Morgan fingerprint density at radius 2 is 2.00 bits per heavy atom. The fourth-order valence-corrected chi connectivity index (χ4v) is 3.75. The Morgan fingerprint density at radius 3 is 2.73 bits per heavy atom. The van der Waals surface area contributed by atoms with Gasteiger partial charge in [-0.1, -0.05) is 29.8 Å². The van der Waals surface area contributed by atoms with Crippen LogP contribution in [0, 0.1) is 0 Å². The SMILES string of the molecule is O=Cc1c(NC(=O)c2cc3ccccn3n2)csc1-c1ccc(Cl)cc1. The van der Waals surface area contributed by atoms with E-state index >= 15 is 0 Å². The Morgan fingerprint density at radius 1 is 1.19 bits per heavy atom. The maximum Gasteiger partial charge on any atom is 0.276 e. The lowest BCUT2D eigenvalue weighted by molar-refractivity contribution is 0.102. The van der Waals surface area contributed by atoms with Crippen LogP contribution in [0.15, 0.2) is 60.1 Å². The summed E-state index contributed by atoms with van der Waals surface area (Å²) >= 11 is 7.30. The van der Waals surface area contributed by atoms with Crippen LogP contribution in [0.2, 0.25) is 5.02 Å². The van der Waals surface area contributed by atoms with Crippen molar-refractivity contribution in [1.29, 1.82) is 0 Å². The van der Waals surface area contributed by atoms with Gasteiger partial charge in [0.05, 0.1) is 16.8 Å². The van der Waals surface area contributed by atoms with Crippen LogP contribution < -0.4 is 5.32 Å². The normalized spacial score (nSPS) is 10.8. The zero-order chi connectivity index (χ0) is 18.1. The molecule has 0 aliphatic carbocycles. The summed E-state index contributed by atoms with van der Waals surface area (Å²) in [7, 11) is 0. The number of halogens is 1. The van der Waals surface area contributed by atoms with Crippen molar-refractivity contribution in [2.24, 2.45) is 0 Å². The number of nitrogens with one attached hydrogen (secondary N) is 1. The molecule has 0 fully saturated rings. The van der Waals surface area contributed by atoms with Gasteiger partial charge in [-0.15, -0.1) is 11.3 Å². The number of anilines is 1. The Labute approximate surface area is 157 Å². The number of fused-ring (bicyclic) bond motifs is 1. The molecule has 7 heteroatoms. The van der Waals surface area contributed by atoms with Crippen LogP contribution in [0.3, 0.4) is 0 Å². The van der Waals surface area contributed by atoms with E-state index < -0.39 is 0 Å². The standard InChI is InChI=1S/C19H12ClN3O2S/c20-13-6-4-12(5-7-13)18-15(10-24)17(11-26-18)21-19(25)16-9-14-3-1-2-8-23(14)22-16/h1-11H,(H,21,25). The zero-order valence-electron chi connectivity index (χ0n) is 13.3. The van der Waals surface area contributed by atoms with Gasteiger partial charge in [0.15, 0.2) is 12.0 Å². The molecule has 5 nitrogen and oxygen atoms in total. The van der Waals surface area contributed by atoms with Crippen LogP contribution in [-0.2, 0) is 0 Å². The number of aldehydes is 1. The number of carbonyl (C=O) groups is 2. The predicted molar refractivity (Wildman–Crippen MR) is 103 cm³/mol. The van der Waals surface area contributed by atoms with Crippen LogP contribution in [0.1, 0.15) is 20.8 Å². The summed E-state index contributed by atoms with van der Waals surface area (Å²) in [4.78, 5) is 24.9. The van der Waals surface area contributed by atoms with E-state index in [1.165, 1.54) is 11.3 Å². The number of rotatable bonds is 4. The van der Waals surface area contributed by atoms with E-state index in [-0.39, 0.29) is 11.6 Å². The summed E-state index contributed by atoms with van der Waals surface area (Å²) < 4.78 is 1.63. The van der Waals surface area contributed by atoms with Crippen molar-refractivity contribution in [3.8, 4) is 10.4 Å². The summed E-state index contributed by atoms with van der Waals surface area (Å²) in [6, 6.07) is 14.5. The molecule has 26 heavy (non-hydrogen) atoms. The summed E-state index contributed by atoms with van der Waals surface area (Å²) in [5.74, 6) is -0.364.